The van der Waals surface area contributed by atoms with Crippen molar-refractivity contribution in [2.75, 3.05) is 28.8 Å². The largest absolute Gasteiger partial charge is 0.388 e. The molecular weight excluding hydrogens is 583 g/mol. The van der Waals surface area contributed by atoms with Crippen LogP contribution in [0.5, 0.6) is 0 Å². The second-order valence-corrected chi connectivity index (χ2v) is 11.8. The van der Waals surface area contributed by atoms with Crippen LogP contribution in [0.4, 0.5) is 21.7 Å². The van der Waals surface area contributed by atoms with E-state index in [4.69, 9.17) is 4.74 Å². The molecule has 5 aromatic rings. The highest BCUT2D eigenvalue weighted by Gasteiger charge is 2.51. The maximum Gasteiger partial charge on any atom is 0.162 e. The van der Waals surface area contributed by atoms with Crippen LogP contribution in [0.3, 0.4) is 0 Å². The molecule has 0 bridgehead atoms. The molecule has 4 heterocycles. The summed E-state index contributed by atoms with van der Waals surface area (Å²) in [4.78, 5) is 17.0. The summed E-state index contributed by atoms with van der Waals surface area (Å²) in [6, 6.07) is 30.8. The Balaban J connectivity index is 1.20. The van der Waals surface area contributed by atoms with Gasteiger partial charge in [-0.1, -0.05) is 72.8 Å². The normalized spacial score (nSPS) is 20.7. The van der Waals surface area contributed by atoms with Gasteiger partial charge in [-0.3, -0.25) is 4.98 Å². The Bertz CT molecular complexity index is 1680. The van der Waals surface area contributed by atoms with E-state index < -0.39 is 30.0 Å². The highest BCUT2D eigenvalue weighted by atomic mass is 19.1. The van der Waals surface area contributed by atoms with Gasteiger partial charge in [-0.05, 0) is 52.9 Å². The summed E-state index contributed by atoms with van der Waals surface area (Å²) in [6.45, 7) is 0.727. The number of benzene rings is 3. The zero-order chi connectivity index (χ0) is 31.7. The summed E-state index contributed by atoms with van der Waals surface area (Å²) in [5, 5.41) is 26.4. The summed E-state index contributed by atoms with van der Waals surface area (Å²) in [5.41, 5.74) is 3.85. The van der Waals surface area contributed by atoms with Gasteiger partial charge in [0.25, 0.3) is 0 Å². The first-order valence-electron chi connectivity index (χ1n) is 15.3. The summed E-state index contributed by atoms with van der Waals surface area (Å²) < 4.78 is 20.4. The molecule has 2 aliphatic heterocycles. The van der Waals surface area contributed by atoms with E-state index in [2.05, 4.69) is 44.5 Å². The molecule has 4 atom stereocenters. The highest BCUT2D eigenvalue weighted by molar-refractivity contribution is 5.82. The second kappa shape index (κ2) is 12.5. The second-order valence-electron chi connectivity index (χ2n) is 11.8. The maximum absolute atomic E-state index is 13.8. The fraction of sp³-hybridized carbons (Fsp3) is 0.250. The minimum absolute atomic E-state index is 0.295. The number of nitrogens with zero attached hydrogens (tertiary/aromatic N) is 5. The minimum atomic E-state index is -1.21. The van der Waals surface area contributed by atoms with Crippen LogP contribution in [0.15, 0.2) is 116 Å². The number of fused-ring (bicyclic) bond motifs is 1. The van der Waals surface area contributed by atoms with Crippen molar-refractivity contribution in [1.29, 1.82) is 0 Å². The van der Waals surface area contributed by atoms with Gasteiger partial charge >= 0.3 is 0 Å². The molecule has 0 amide bonds. The highest BCUT2D eigenvalue weighted by Crippen LogP contribution is 2.46. The van der Waals surface area contributed by atoms with E-state index in [1.807, 2.05) is 71.4 Å². The Morgan fingerprint density at radius 3 is 2.24 bits per heavy atom. The molecule has 3 N–H and O–H groups in total. The molecule has 0 aliphatic carbocycles. The number of rotatable bonds is 9. The number of halogens is 1. The lowest BCUT2D eigenvalue weighted by molar-refractivity contribution is -0.00292. The average Bonchev–Trinajstić information content (AvgIpc) is 3.64. The van der Waals surface area contributed by atoms with Crippen LogP contribution in [0, 0.1) is 5.82 Å². The van der Waals surface area contributed by atoms with Crippen molar-refractivity contribution < 1.29 is 19.3 Å². The Hall–Kier alpha value is -4.90. The third-order valence-corrected chi connectivity index (χ3v) is 9.03. The third kappa shape index (κ3) is 5.34. The fourth-order valence-electron chi connectivity index (χ4n) is 6.86. The van der Waals surface area contributed by atoms with Crippen molar-refractivity contribution in [1.82, 2.24) is 15.0 Å². The lowest BCUT2D eigenvalue weighted by Gasteiger charge is -2.38. The zero-order valence-corrected chi connectivity index (χ0v) is 25.3. The van der Waals surface area contributed by atoms with Gasteiger partial charge in [0, 0.05) is 31.4 Å². The van der Waals surface area contributed by atoms with Gasteiger partial charge in [0.1, 0.15) is 30.0 Å². The first kappa shape index (κ1) is 29.8. The molecule has 2 aliphatic rings. The van der Waals surface area contributed by atoms with Gasteiger partial charge in [-0.2, -0.15) is 0 Å². The fourth-order valence-corrected chi connectivity index (χ4v) is 6.86. The molecule has 3 aromatic carbocycles. The Labute approximate surface area is 267 Å². The summed E-state index contributed by atoms with van der Waals surface area (Å²) >= 11 is 0. The quantitative estimate of drug-likeness (QED) is 0.217. The van der Waals surface area contributed by atoms with Crippen LogP contribution in [0.2, 0.25) is 0 Å². The number of aliphatic hydroxyl groups is 2. The van der Waals surface area contributed by atoms with E-state index in [-0.39, 0.29) is 5.82 Å². The van der Waals surface area contributed by atoms with Crippen molar-refractivity contribution in [2.45, 2.75) is 42.9 Å². The number of hydrogen-bond acceptors (Lipinski definition) is 9. The van der Waals surface area contributed by atoms with Gasteiger partial charge in [0.05, 0.1) is 12.8 Å². The van der Waals surface area contributed by atoms with Gasteiger partial charge in [0.15, 0.2) is 17.9 Å². The van der Waals surface area contributed by atoms with Crippen molar-refractivity contribution in [3.8, 4) is 0 Å². The summed E-state index contributed by atoms with van der Waals surface area (Å²) in [7, 11) is 1.88. The molecule has 0 saturated carbocycles. The van der Waals surface area contributed by atoms with Crippen LogP contribution in [-0.4, -0.2) is 63.4 Å². The van der Waals surface area contributed by atoms with Crippen LogP contribution >= 0.6 is 0 Å². The van der Waals surface area contributed by atoms with E-state index in [1.54, 1.807) is 18.5 Å². The maximum atomic E-state index is 13.8. The summed E-state index contributed by atoms with van der Waals surface area (Å²) in [5.74, 6) is 0.891. The molecule has 10 heteroatoms. The number of anilines is 3. The van der Waals surface area contributed by atoms with Crippen molar-refractivity contribution in [3.05, 3.63) is 144 Å². The molecule has 0 unspecified atom stereocenters. The van der Waals surface area contributed by atoms with Gasteiger partial charge < -0.3 is 30.1 Å². The molecule has 0 spiro atoms. The average molecular weight is 619 g/mol. The molecular formula is C36H35FN6O3. The van der Waals surface area contributed by atoms with Crippen molar-refractivity contribution >= 4 is 17.3 Å². The van der Waals surface area contributed by atoms with E-state index >= 15 is 0 Å². The molecule has 9 nitrogen and oxygen atoms in total. The van der Waals surface area contributed by atoms with Crippen LogP contribution in [-0.2, 0) is 16.7 Å². The first-order chi connectivity index (χ1) is 22.5. The number of aromatic nitrogens is 3. The molecule has 1 saturated heterocycles. The van der Waals surface area contributed by atoms with Crippen LogP contribution in [0.1, 0.15) is 28.7 Å². The van der Waals surface area contributed by atoms with Crippen LogP contribution < -0.4 is 15.1 Å². The predicted molar refractivity (Wildman–Crippen MR) is 174 cm³/mol. The van der Waals surface area contributed by atoms with Gasteiger partial charge in [0.2, 0.25) is 0 Å². The zero-order valence-electron chi connectivity index (χ0n) is 25.3. The van der Waals surface area contributed by atoms with Crippen molar-refractivity contribution in [2.24, 2.45) is 0 Å². The lowest BCUT2D eigenvalue weighted by Crippen LogP contribution is -2.44. The number of aliphatic hydroxyl groups excluding tert-OH is 2. The first-order valence-corrected chi connectivity index (χ1v) is 15.3. The SMILES string of the molecule is CN(Cc1cccc(F)c1)c1ncnc2c1NCN2[C@@H]1O[C@H](CC(c2ccccc2)(c2ccccc2)c2ccncc2)[C@@H](O)[C@H]1O. The standard InChI is InChI=1S/C36H35FN6O3/c1-42(21-24-9-8-14-28(37)19-24)33-30-34(40-22-39-33)43(23-41-30)35-32(45)31(44)29(46-35)20-36(25-10-4-2-5-11-25,26-12-6-3-7-13-26)27-15-17-38-18-16-27/h2-19,22,29,31-32,35,41,44-45H,20-21,23H2,1H3/t29-,31-,32-,35-/m1/s1. The molecule has 0 radical (unpaired) electrons. The molecule has 2 aromatic heterocycles. The minimum Gasteiger partial charge on any atom is -0.388 e. The molecule has 1 fully saturated rings. The van der Waals surface area contributed by atoms with E-state index in [1.165, 1.54) is 18.5 Å². The molecule has 234 valence electrons. The monoisotopic (exact) mass is 618 g/mol. The Morgan fingerprint density at radius 2 is 1.57 bits per heavy atom. The Kier molecular flexibility index (Phi) is 8.08. The number of ether oxygens (including phenoxy) is 1. The number of hydrogen-bond donors (Lipinski definition) is 3. The third-order valence-electron chi connectivity index (χ3n) is 9.03. The summed E-state index contributed by atoms with van der Waals surface area (Å²) in [6.07, 6.45) is 1.40. The van der Waals surface area contributed by atoms with E-state index in [0.29, 0.717) is 37.0 Å². The smallest absolute Gasteiger partial charge is 0.162 e. The van der Waals surface area contributed by atoms with Crippen LogP contribution in [0.25, 0.3) is 0 Å². The van der Waals surface area contributed by atoms with Gasteiger partial charge in [-0.25, -0.2) is 14.4 Å². The lowest BCUT2D eigenvalue weighted by atomic mass is 9.66. The van der Waals surface area contributed by atoms with Gasteiger partial charge in [-0.15, -0.1) is 0 Å². The Morgan fingerprint density at radius 1 is 0.891 bits per heavy atom. The van der Waals surface area contributed by atoms with E-state index in [9.17, 15) is 14.6 Å². The molecule has 7 rings (SSSR count). The van der Waals surface area contributed by atoms with Crippen molar-refractivity contribution in [3.63, 3.8) is 0 Å². The number of nitrogens with one attached hydrogen (secondary N) is 1. The number of pyridine rings is 1. The van der Waals surface area contributed by atoms with E-state index in [0.717, 1.165) is 22.3 Å². The predicted octanol–water partition coefficient (Wildman–Crippen LogP) is 4.71. The molecule has 46 heavy (non-hydrogen) atoms. The topological polar surface area (TPSA) is 107 Å².